The number of nitrogens with one attached hydrogen (secondary N) is 1. The molecule has 0 radical (unpaired) electrons. The number of amides is 1. The fraction of sp³-hybridized carbons (Fsp3) is 0.529. The average molecular weight is 379 g/mol. The summed E-state index contributed by atoms with van der Waals surface area (Å²) in [5, 5.41) is 6.63. The van der Waals surface area contributed by atoms with Crippen LogP contribution in [0.3, 0.4) is 0 Å². The van der Waals surface area contributed by atoms with Gasteiger partial charge in [-0.1, -0.05) is 5.16 Å². The Morgan fingerprint density at radius 1 is 1.23 bits per heavy atom. The number of aryl methyl sites for hydroxylation is 1. The van der Waals surface area contributed by atoms with E-state index in [1.165, 1.54) is 10.4 Å². The van der Waals surface area contributed by atoms with Gasteiger partial charge in [-0.25, -0.2) is 8.42 Å². The monoisotopic (exact) mass is 379 g/mol. The van der Waals surface area contributed by atoms with Gasteiger partial charge in [-0.3, -0.25) is 4.79 Å². The minimum absolute atomic E-state index is 0.0507. The van der Waals surface area contributed by atoms with Crippen LogP contribution in [0.5, 0.6) is 0 Å². The van der Waals surface area contributed by atoms with E-state index >= 15 is 0 Å². The molecule has 1 N–H and O–H groups in total. The first kappa shape index (κ1) is 17.3. The Bertz CT molecular complexity index is 951. The lowest BCUT2D eigenvalue weighted by Gasteiger charge is -2.36. The second-order valence-electron chi connectivity index (χ2n) is 7.20. The van der Waals surface area contributed by atoms with E-state index in [4.69, 9.17) is 8.94 Å². The first-order valence-corrected chi connectivity index (χ1v) is 10.0. The molecule has 0 aromatic carbocycles. The maximum atomic E-state index is 12.9. The predicted octanol–water partition coefficient (Wildman–Crippen LogP) is 1.84. The van der Waals surface area contributed by atoms with Crippen LogP contribution in [0, 0.1) is 19.3 Å². The summed E-state index contributed by atoms with van der Waals surface area (Å²) in [5.74, 6) is 0.840. The number of hydrogen-bond acceptors (Lipinski definition) is 6. The van der Waals surface area contributed by atoms with Gasteiger partial charge < -0.3 is 14.3 Å². The first-order valence-electron chi connectivity index (χ1n) is 8.61. The van der Waals surface area contributed by atoms with Crippen molar-refractivity contribution in [3.05, 3.63) is 23.4 Å². The van der Waals surface area contributed by atoms with Crippen LogP contribution in [-0.4, -0.2) is 43.4 Å². The van der Waals surface area contributed by atoms with Crippen molar-refractivity contribution >= 4 is 15.9 Å². The van der Waals surface area contributed by atoms with Gasteiger partial charge >= 0.3 is 0 Å². The summed E-state index contributed by atoms with van der Waals surface area (Å²) in [6.07, 6.45) is 1.81. The van der Waals surface area contributed by atoms with Crippen LogP contribution in [0.2, 0.25) is 0 Å². The van der Waals surface area contributed by atoms with Crippen molar-refractivity contribution in [1.29, 1.82) is 0 Å². The summed E-state index contributed by atoms with van der Waals surface area (Å²) in [4.78, 5) is 11.5. The predicted molar refractivity (Wildman–Crippen MR) is 91.7 cm³/mol. The highest BCUT2D eigenvalue weighted by atomic mass is 32.2. The van der Waals surface area contributed by atoms with Crippen LogP contribution in [0.4, 0.5) is 0 Å². The fourth-order valence-electron chi connectivity index (χ4n) is 3.66. The zero-order valence-electron chi connectivity index (χ0n) is 14.7. The average Bonchev–Trinajstić information content (AvgIpc) is 3.30. The van der Waals surface area contributed by atoms with E-state index < -0.39 is 10.0 Å². The molecule has 2 fully saturated rings. The number of furan rings is 1. The molecule has 0 unspecified atom stereocenters. The summed E-state index contributed by atoms with van der Waals surface area (Å²) < 4.78 is 38.0. The van der Waals surface area contributed by atoms with Gasteiger partial charge in [0, 0.05) is 31.6 Å². The van der Waals surface area contributed by atoms with Gasteiger partial charge in [-0.15, -0.1) is 0 Å². The molecule has 4 heterocycles. The van der Waals surface area contributed by atoms with Gasteiger partial charge in [-0.2, -0.15) is 4.31 Å². The van der Waals surface area contributed by atoms with E-state index in [9.17, 15) is 13.2 Å². The van der Waals surface area contributed by atoms with Gasteiger partial charge in [0.2, 0.25) is 16.8 Å². The summed E-state index contributed by atoms with van der Waals surface area (Å²) in [6.45, 7) is 5.06. The van der Waals surface area contributed by atoms with Crippen molar-refractivity contribution in [3.63, 3.8) is 0 Å². The summed E-state index contributed by atoms with van der Waals surface area (Å²) >= 11 is 0. The van der Waals surface area contributed by atoms with Crippen LogP contribution < -0.4 is 5.32 Å². The Morgan fingerprint density at radius 3 is 2.54 bits per heavy atom. The molecular weight excluding hydrogens is 358 g/mol. The van der Waals surface area contributed by atoms with Crippen LogP contribution >= 0.6 is 0 Å². The number of carbonyl (C=O) groups is 1. The maximum Gasteiger partial charge on any atom is 0.276 e. The number of carbonyl (C=O) groups excluding carboxylic acids is 1. The van der Waals surface area contributed by atoms with E-state index in [1.54, 1.807) is 6.07 Å². The Balaban J connectivity index is 1.53. The van der Waals surface area contributed by atoms with Crippen molar-refractivity contribution in [2.24, 2.45) is 5.41 Å². The third-order valence-corrected chi connectivity index (χ3v) is 7.31. The van der Waals surface area contributed by atoms with Gasteiger partial charge in [0.25, 0.3) is 10.0 Å². The number of nitrogens with zero attached hydrogens (tertiary/aromatic N) is 2. The number of sulfonamides is 1. The zero-order chi connectivity index (χ0) is 18.5. The molecular formula is C17H21N3O5S. The van der Waals surface area contributed by atoms with Crippen molar-refractivity contribution in [3.8, 4) is 11.5 Å². The Kier molecular flexibility index (Phi) is 3.96. The Morgan fingerprint density at radius 2 is 1.96 bits per heavy atom. The Labute approximate surface area is 151 Å². The largest absolute Gasteiger partial charge is 0.440 e. The van der Waals surface area contributed by atoms with Crippen LogP contribution in [0.15, 0.2) is 26.2 Å². The lowest BCUT2D eigenvalue weighted by molar-refractivity contribution is -0.119. The minimum atomic E-state index is -3.72. The summed E-state index contributed by atoms with van der Waals surface area (Å²) in [7, 11) is -3.72. The number of aromatic nitrogens is 1. The highest BCUT2D eigenvalue weighted by Crippen LogP contribution is 2.39. The molecule has 140 valence electrons. The number of hydrogen-bond donors (Lipinski definition) is 1. The van der Waals surface area contributed by atoms with E-state index in [2.05, 4.69) is 10.5 Å². The molecule has 1 amide bonds. The molecule has 0 atom stereocenters. The fourth-order valence-corrected chi connectivity index (χ4v) is 5.01. The summed E-state index contributed by atoms with van der Waals surface area (Å²) in [5.41, 5.74) is 1.45. The normalized spacial score (nSPS) is 20.6. The highest BCUT2D eigenvalue weighted by molar-refractivity contribution is 7.89. The third kappa shape index (κ3) is 2.75. The molecule has 2 aliphatic rings. The third-order valence-electron chi connectivity index (χ3n) is 5.54. The lowest BCUT2D eigenvalue weighted by Crippen LogP contribution is -2.43. The second kappa shape index (κ2) is 5.95. The molecule has 4 rings (SSSR count). The van der Waals surface area contributed by atoms with Crippen LogP contribution in [0.25, 0.3) is 11.5 Å². The molecule has 1 spiro atoms. The topological polar surface area (TPSA) is 106 Å². The summed E-state index contributed by atoms with van der Waals surface area (Å²) in [6, 6.07) is 3.04. The van der Waals surface area contributed by atoms with Gasteiger partial charge in [-0.05, 0) is 44.2 Å². The Hall–Kier alpha value is -2.13. The standard InChI is InChI=1S/C17H21N3O5S/c1-11-12(2)19-25-16(11)13-3-4-15(24-13)26(22,23)20-7-5-17(6-8-20)9-14(21)18-10-17/h3-4H,5-10H2,1-2H3,(H,18,21). The van der Waals surface area contributed by atoms with Crippen molar-refractivity contribution in [2.75, 3.05) is 19.6 Å². The van der Waals surface area contributed by atoms with Crippen molar-refractivity contribution < 1.29 is 22.2 Å². The molecule has 2 aliphatic heterocycles. The smallest absolute Gasteiger partial charge is 0.276 e. The molecule has 8 nitrogen and oxygen atoms in total. The number of piperidine rings is 1. The molecule has 2 aromatic rings. The van der Waals surface area contributed by atoms with Gasteiger partial charge in [0.1, 0.15) is 0 Å². The van der Waals surface area contributed by atoms with E-state index in [0.717, 1.165) is 11.3 Å². The number of rotatable bonds is 3. The van der Waals surface area contributed by atoms with Gasteiger partial charge in [0.15, 0.2) is 5.76 Å². The molecule has 2 saturated heterocycles. The van der Waals surface area contributed by atoms with Crippen molar-refractivity contribution in [1.82, 2.24) is 14.8 Å². The molecule has 0 bridgehead atoms. The molecule has 2 aromatic heterocycles. The first-order chi connectivity index (χ1) is 12.3. The van der Waals surface area contributed by atoms with Gasteiger partial charge in [0.05, 0.1) is 5.69 Å². The quantitative estimate of drug-likeness (QED) is 0.872. The lowest BCUT2D eigenvalue weighted by atomic mass is 9.78. The molecule has 0 aliphatic carbocycles. The minimum Gasteiger partial charge on any atom is -0.440 e. The molecule has 26 heavy (non-hydrogen) atoms. The zero-order valence-corrected chi connectivity index (χ0v) is 15.6. The highest BCUT2D eigenvalue weighted by Gasteiger charge is 2.43. The van der Waals surface area contributed by atoms with E-state index in [0.29, 0.717) is 50.4 Å². The van der Waals surface area contributed by atoms with E-state index in [-0.39, 0.29) is 16.4 Å². The van der Waals surface area contributed by atoms with Crippen molar-refractivity contribution in [2.45, 2.75) is 38.2 Å². The molecule has 9 heteroatoms. The SMILES string of the molecule is Cc1noc(-c2ccc(S(=O)(=O)N3CCC4(CC3)CNC(=O)C4)o2)c1C. The van der Waals surface area contributed by atoms with Crippen LogP contribution in [-0.2, 0) is 14.8 Å². The maximum absolute atomic E-state index is 12.9. The van der Waals surface area contributed by atoms with Crippen LogP contribution in [0.1, 0.15) is 30.5 Å². The molecule has 0 saturated carbocycles. The second-order valence-corrected chi connectivity index (χ2v) is 9.07. The van der Waals surface area contributed by atoms with E-state index in [1.807, 2.05) is 13.8 Å².